The number of nitrogens with one attached hydrogen (secondary N) is 2. The smallest absolute Gasteiger partial charge is 0.253 e. The third kappa shape index (κ3) is 5.06. The zero-order valence-electron chi connectivity index (χ0n) is 17.3. The quantitative estimate of drug-likeness (QED) is 0.537. The van der Waals surface area contributed by atoms with E-state index in [2.05, 4.69) is 26.6 Å². The molecule has 3 aromatic rings. The van der Waals surface area contributed by atoms with E-state index in [1.807, 2.05) is 54.6 Å². The Morgan fingerprint density at radius 2 is 1.62 bits per heavy atom. The van der Waals surface area contributed by atoms with Crippen molar-refractivity contribution in [2.24, 2.45) is 5.92 Å². The molecule has 1 fully saturated rings. The number of hydrogen-bond donors (Lipinski definition) is 2. The summed E-state index contributed by atoms with van der Waals surface area (Å²) in [5, 5.41) is 5.73. The van der Waals surface area contributed by atoms with E-state index in [0.717, 1.165) is 15.7 Å². The van der Waals surface area contributed by atoms with E-state index in [1.54, 1.807) is 29.2 Å². The molecule has 2 N–H and O–H groups in total. The first kappa shape index (κ1) is 21.8. The summed E-state index contributed by atoms with van der Waals surface area (Å²) >= 11 is 3.38. The molecule has 0 unspecified atom stereocenters. The molecule has 1 atom stereocenters. The van der Waals surface area contributed by atoms with E-state index in [1.165, 1.54) is 0 Å². The predicted molar refractivity (Wildman–Crippen MR) is 127 cm³/mol. The third-order valence-electron chi connectivity index (χ3n) is 5.36. The highest BCUT2D eigenvalue weighted by Crippen LogP contribution is 2.27. The first-order valence-corrected chi connectivity index (χ1v) is 11.1. The van der Waals surface area contributed by atoms with Gasteiger partial charge in [-0.3, -0.25) is 14.4 Å². The van der Waals surface area contributed by atoms with Crippen LogP contribution < -0.4 is 15.5 Å². The van der Waals surface area contributed by atoms with E-state index >= 15 is 0 Å². The first-order valence-electron chi connectivity index (χ1n) is 10.3. The van der Waals surface area contributed by atoms with Crippen molar-refractivity contribution in [2.75, 3.05) is 16.8 Å². The fourth-order valence-corrected chi connectivity index (χ4v) is 3.92. The van der Waals surface area contributed by atoms with E-state index in [9.17, 15) is 14.4 Å². The molecule has 6 nitrogen and oxygen atoms in total. The van der Waals surface area contributed by atoms with Gasteiger partial charge in [0.25, 0.3) is 5.91 Å². The molecule has 0 bridgehead atoms. The van der Waals surface area contributed by atoms with E-state index in [-0.39, 0.29) is 24.1 Å². The molecule has 1 heterocycles. The Kier molecular flexibility index (Phi) is 6.66. The Labute approximate surface area is 194 Å². The fourth-order valence-electron chi connectivity index (χ4n) is 3.65. The van der Waals surface area contributed by atoms with Gasteiger partial charge in [-0.1, -0.05) is 58.4 Å². The maximum absolute atomic E-state index is 12.9. The van der Waals surface area contributed by atoms with Crippen LogP contribution in [0.5, 0.6) is 0 Å². The lowest BCUT2D eigenvalue weighted by molar-refractivity contribution is -0.122. The summed E-state index contributed by atoms with van der Waals surface area (Å²) in [5.41, 5.74) is 2.55. The molecule has 0 spiro atoms. The molecule has 0 saturated carbocycles. The second-order valence-electron chi connectivity index (χ2n) is 7.58. The summed E-state index contributed by atoms with van der Waals surface area (Å²) in [4.78, 5) is 39.8. The molecule has 3 amide bonds. The molecule has 1 aliphatic heterocycles. The summed E-state index contributed by atoms with van der Waals surface area (Å²) < 4.78 is 0.921. The Bertz CT molecular complexity index is 1130. The molecular weight excluding hydrogens is 470 g/mol. The molecule has 32 heavy (non-hydrogen) atoms. The van der Waals surface area contributed by atoms with Gasteiger partial charge in [0.15, 0.2) is 0 Å². The van der Waals surface area contributed by atoms with Gasteiger partial charge in [-0.2, -0.15) is 0 Å². The fraction of sp³-hybridized carbons (Fsp3) is 0.160. The van der Waals surface area contributed by atoms with Gasteiger partial charge in [0.2, 0.25) is 11.8 Å². The normalized spacial score (nSPS) is 15.5. The monoisotopic (exact) mass is 491 g/mol. The number of hydrogen-bond acceptors (Lipinski definition) is 3. The van der Waals surface area contributed by atoms with Crippen LogP contribution in [0.25, 0.3) is 0 Å². The maximum atomic E-state index is 12.9. The molecule has 4 rings (SSSR count). The second-order valence-corrected chi connectivity index (χ2v) is 8.50. The van der Waals surface area contributed by atoms with Crippen molar-refractivity contribution in [3.05, 3.63) is 94.5 Å². The van der Waals surface area contributed by atoms with Crippen molar-refractivity contribution >= 4 is 45.0 Å². The molecule has 0 radical (unpaired) electrons. The second kappa shape index (κ2) is 9.78. The standard InChI is InChI=1S/C25H22BrN3O3/c26-19-10-12-20(13-11-19)29-16-18(14-23(29)30)24(31)28-22-9-5-4-8-21(22)25(32)27-15-17-6-2-1-3-7-17/h1-13,18H,14-16H2,(H,27,32)(H,28,31)/t18-/m0/s1. The Hall–Kier alpha value is -3.45. The van der Waals surface area contributed by atoms with Gasteiger partial charge in [0.05, 0.1) is 17.2 Å². The summed E-state index contributed by atoms with van der Waals surface area (Å²) in [7, 11) is 0. The Morgan fingerprint density at radius 3 is 2.38 bits per heavy atom. The Morgan fingerprint density at radius 1 is 0.938 bits per heavy atom. The van der Waals surface area contributed by atoms with Crippen LogP contribution in [0.1, 0.15) is 22.3 Å². The van der Waals surface area contributed by atoms with Gasteiger partial charge in [0, 0.05) is 29.7 Å². The zero-order valence-corrected chi connectivity index (χ0v) is 18.8. The molecule has 0 aliphatic carbocycles. The number of carbonyl (C=O) groups is 3. The number of rotatable bonds is 6. The molecule has 1 aliphatic rings. The van der Waals surface area contributed by atoms with Gasteiger partial charge in [-0.15, -0.1) is 0 Å². The highest BCUT2D eigenvalue weighted by Gasteiger charge is 2.35. The predicted octanol–water partition coefficient (Wildman–Crippen LogP) is 4.37. The topological polar surface area (TPSA) is 78.5 Å². The van der Waals surface area contributed by atoms with Gasteiger partial charge < -0.3 is 15.5 Å². The van der Waals surface area contributed by atoms with Crippen molar-refractivity contribution in [3.8, 4) is 0 Å². The van der Waals surface area contributed by atoms with Crippen molar-refractivity contribution in [1.29, 1.82) is 0 Å². The van der Waals surface area contributed by atoms with Crippen LogP contribution in [0, 0.1) is 5.92 Å². The van der Waals surface area contributed by atoms with Crippen LogP contribution in [-0.2, 0) is 16.1 Å². The maximum Gasteiger partial charge on any atom is 0.253 e. The number of para-hydroxylation sites is 1. The van der Waals surface area contributed by atoms with Crippen molar-refractivity contribution in [3.63, 3.8) is 0 Å². The SMILES string of the molecule is O=C(NCc1ccccc1)c1ccccc1NC(=O)[C@H]1CC(=O)N(c2ccc(Br)cc2)C1. The van der Waals surface area contributed by atoms with Crippen molar-refractivity contribution in [1.82, 2.24) is 5.32 Å². The summed E-state index contributed by atoms with van der Waals surface area (Å²) in [6.07, 6.45) is 0.129. The first-order chi connectivity index (χ1) is 15.5. The van der Waals surface area contributed by atoms with Crippen molar-refractivity contribution < 1.29 is 14.4 Å². The number of benzene rings is 3. The number of anilines is 2. The van der Waals surface area contributed by atoms with Crippen LogP contribution in [0.15, 0.2) is 83.3 Å². The van der Waals surface area contributed by atoms with Crippen LogP contribution in [0.2, 0.25) is 0 Å². The average Bonchev–Trinajstić information content (AvgIpc) is 3.21. The number of nitrogens with zero attached hydrogens (tertiary/aromatic N) is 1. The van der Waals surface area contributed by atoms with Crippen LogP contribution in [0.4, 0.5) is 11.4 Å². The molecule has 1 saturated heterocycles. The number of amides is 3. The number of carbonyl (C=O) groups excluding carboxylic acids is 3. The van der Waals surface area contributed by atoms with Crippen LogP contribution in [0.3, 0.4) is 0 Å². The average molecular weight is 492 g/mol. The van der Waals surface area contributed by atoms with Crippen LogP contribution >= 0.6 is 15.9 Å². The molecule has 3 aromatic carbocycles. The minimum absolute atomic E-state index is 0.0960. The lowest BCUT2D eigenvalue weighted by Crippen LogP contribution is -2.29. The van der Waals surface area contributed by atoms with E-state index in [4.69, 9.17) is 0 Å². The lowest BCUT2D eigenvalue weighted by Gasteiger charge is -2.17. The zero-order chi connectivity index (χ0) is 22.5. The highest BCUT2D eigenvalue weighted by molar-refractivity contribution is 9.10. The summed E-state index contributed by atoms with van der Waals surface area (Å²) in [6.45, 7) is 0.690. The van der Waals surface area contributed by atoms with Crippen molar-refractivity contribution in [2.45, 2.75) is 13.0 Å². The molecular formula is C25H22BrN3O3. The summed E-state index contributed by atoms with van der Waals surface area (Å²) in [6, 6.07) is 23.9. The number of halogens is 1. The molecule has 7 heteroatoms. The summed E-state index contributed by atoms with van der Waals surface area (Å²) in [5.74, 6) is -1.14. The highest BCUT2D eigenvalue weighted by atomic mass is 79.9. The van der Waals surface area contributed by atoms with Crippen LogP contribution in [-0.4, -0.2) is 24.3 Å². The lowest BCUT2D eigenvalue weighted by atomic mass is 10.1. The minimum Gasteiger partial charge on any atom is -0.348 e. The third-order valence-corrected chi connectivity index (χ3v) is 5.89. The van der Waals surface area contributed by atoms with E-state index < -0.39 is 5.92 Å². The van der Waals surface area contributed by atoms with Gasteiger partial charge in [-0.25, -0.2) is 0 Å². The Balaban J connectivity index is 1.42. The van der Waals surface area contributed by atoms with Gasteiger partial charge in [-0.05, 0) is 42.0 Å². The molecule has 162 valence electrons. The molecule has 0 aromatic heterocycles. The largest absolute Gasteiger partial charge is 0.348 e. The van der Waals surface area contributed by atoms with Gasteiger partial charge >= 0.3 is 0 Å². The van der Waals surface area contributed by atoms with E-state index in [0.29, 0.717) is 24.3 Å². The minimum atomic E-state index is -0.494. The van der Waals surface area contributed by atoms with Gasteiger partial charge in [0.1, 0.15) is 0 Å².